The van der Waals surface area contributed by atoms with Crippen LogP contribution in [0.2, 0.25) is 0 Å². The minimum Gasteiger partial charge on any atom is -0.505 e. The summed E-state index contributed by atoms with van der Waals surface area (Å²) in [7, 11) is 0. The Morgan fingerprint density at radius 1 is 1.50 bits per heavy atom. The van der Waals surface area contributed by atoms with Gasteiger partial charge >= 0.3 is 0 Å². The van der Waals surface area contributed by atoms with Crippen LogP contribution in [0.4, 0.5) is 13.2 Å². The van der Waals surface area contributed by atoms with E-state index in [0.717, 1.165) is 0 Å². The molecule has 0 spiro atoms. The van der Waals surface area contributed by atoms with Gasteiger partial charge in [0, 0.05) is 22.3 Å². The number of hydrogen-bond acceptors (Lipinski definition) is 5. The SMILES string of the molecule is N/C(COCC(F)F)=N/CC1CC(NC(=O)c2ncc(Br)cc2O)=CC=C1F. The molecule has 1 heterocycles. The lowest BCUT2D eigenvalue weighted by molar-refractivity contribution is 0.0321. The predicted octanol–water partition coefficient (Wildman–Crippen LogP) is 2.68. The summed E-state index contributed by atoms with van der Waals surface area (Å²) >= 11 is 3.13. The lowest BCUT2D eigenvalue weighted by Gasteiger charge is -2.20. The zero-order valence-electron chi connectivity index (χ0n) is 14.5. The Bertz CT molecular complexity index is 815. The number of amidine groups is 1. The molecule has 7 nitrogen and oxygen atoms in total. The first kappa shape index (κ1) is 21.9. The quantitative estimate of drug-likeness (QED) is 0.406. The maximum Gasteiger partial charge on any atom is 0.277 e. The molecule has 0 bridgehead atoms. The number of amides is 1. The third-order valence-electron chi connectivity index (χ3n) is 3.63. The third kappa shape index (κ3) is 6.64. The van der Waals surface area contributed by atoms with Crippen molar-refractivity contribution >= 4 is 27.7 Å². The summed E-state index contributed by atoms with van der Waals surface area (Å²) in [6.45, 7) is -1.08. The molecular formula is C17H18BrF3N4O3. The van der Waals surface area contributed by atoms with Crippen molar-refractivity contribution < 1.29 is 27.8 Å². The maximum absolute atomic E-state index is 14.0. The van der Waals surface area contributed by atoms with Gasteiger partial charge in [-0.3, -0.25) is 9.79 Å². The largest absolute Gasteiger partial charge is 0.505 e. The third-order valence-corrected chi connectivity index (χ3v) is 4.07. The van der Waals surface area contributed by atoms with Crippen LogP contribution in [0, 0.1) is 5.92 Å². The summed E-state index contributed by atoms with van der Waals surface area (Å²) in [6.07, 6.45) is 1.47. The van der Waals surface area contributed by atoms with Gasteiger partial charge in [0.25, 0.3) is 12.3 Å². The van der Waals surface area contributed by atoms with Crippen LogP contribution in [0.3, 0.4) is 0 Å². The van der Waals surface area contributed by atoms with Crippen LogP contribution in [-0.2, 0) is 4.74 Å². The second-order valence-corrected chi connectivity index (χ2v) is 6.77. The molecular weight excluding hydrogens is 445 g/mol. The van der Waals surface area contributed by atoms with Gasteiger partial charge in [-0.1, -0.05) is 0 Å². The number of carbonyl (C=O) groups excluding carboxylic acids is 1. The average Bonchev–Trinajstić information content (AvgIpc) is 2.61. The van der Waals surface area contributed by atoms with E-state index in [2.05, 4.69) is 36.0 Å². The van der Waals surface area contributed by atoms with Gasteiger partial charge in [-0.25, -0.2) is 18.2 Å². The average molecular weight is 463 g/mol. The van der Waals surface area contributed by atoms with Crippen molar-refractivity contribution in [2.24, 2.45) is 16.6 Å². The molecule has 2 rings (SSSR count). The van der Waals surface area contributed by atoms with E-state index in [4.69, 9.17) is 5.73 Å². The molecule has 0 aliphatic heterocycles. The molecule has 1 amide bonds. The highest BCUT2D eigenvalue weighted by molar-refractivity contribution is 9.10. The van der Waals surface area contributed by atoms with Gasteiger partial charge in [-0.15, -0.1) is 0 Å². The van der Waals surface area contributed by atoms with Crippen molar-refractivity contribution in [3.8, 4) is 5.75 Å². The summed E-state index contributed by atoms with van der Waals surface area (Å²) in [5.74, 6) is -2.11. The molecule has 1 unspecified atom stereocenters. The summed E-state index contributed by atoms with van der Waals surface area (Å²) in [5.41, 5.74) is 5.79. The first-order valence-electron chi connectivity index (χ1n) is 8.13. The Hall–Kier alpha value is -2.40. The first-order valence-corrected chi connectivity index (χ1v) is 8.92. The molecule has 0 aromatic carbocycles. The van der Waals surface area contributed by atoms with Gasteiger partial charge < -0.3 is 20.9 Å². The second kappa shape index (κ2) is 10.2. The lowest BCUT2D eigenvalue weighted by Crippen LogP contribution is -2.28. The van der Waals surface area contributed by atoms with Gasteiger partial charge in [0.2, 0.25) is 0 Å². The Balaban J connectivity index is 1.93. The molecule has 1 aromatic heterocycles. The zero-order chi connectivity index (χ0) is 20.7. The Morgan fingerprint density at radius 2 is 2.25 bits per heavy atom. The number of halogens is 4. The smallest absolute Gasteiger partial charge is 0.277 e. The van der Waals surface area contributed by atoms with E-state index in [9.17, 15) is 23.1 Å². The van der Waals surface area contributed by atoms with Crippen LogP contribution in [-0.4, -0.2) is 48.0 Å². The van der Waals surface area contributed by atoms with Gasteiger partial charge in [-0.05, 0) is 40.6 Å². The number of nitrogens with one attached hydrogen (secondary N) is 1. The summed E-state index contributed by atoms with van der Waals surface area (Å²) in [4.78, 5) is 20.0. The van der Waals surface area contributed by atoms with Crippen LogP contribution in [0.5, 0.6) is 5.75 Å². The molecule has 152 valence electrons. The summed E-state index contributed by atoms with van der Waals surface area (Å²) in [5, 5.41) is 12.4. The normalized spacial score (nSPS) is 17.3. The Morgan fingerprint density at radius 3 is 2.93 bits per heavy atom. The van der Waals surface area contributed by atoms with E-state index < -0.39 is 30.7 Å². The highest BCUT2D eigenvalue weighted by Crippen LogP contribution is 2.26. The van der Waals surface area contributed by atoms with Crippen molar-refractivity contribution in [1.29, 1.82) is 0 Å². The fourth-order valence-electron chi connectivity index (χ4n) is 2.33. The molecule has 28 heavy (non-hydrogen) atoms. The number of ether oxygens (including phenoxy) is 1. The molecule has 4 N–H and O–H groups in total. The standard InChI is InChI=1S/C17H18BrF3N4O3/c18-10-4-13(26)16(24-6-10)17(27)25-11-1-2-12(19)9(3-11)5-23-15(22)8-28-7-14(20)21/h1-2,4,6,9,14,26H,3,5,7-8H2,(H2,22,23)(H,25,27). The molecule has 1 atom stereocenters. The fourth-order valence-corrected chi connectivity index (χ4v) is 2.65. The zero-order valence-corrected chi connectivity index (χ0v) is 16.1. The van der Waals surface area contributed by atoms with Gasteiger partial charge in [-0.2, -0.15) is 0 Å². The van der Waals surface area contributed by atoms with Crippen LogP contribution < -0.4 is 11.1 Å². The van der Waals surface area contributed by atoms with Crippen molar-refractivity contribution in [3.05, 3.63) is 46.1 Å². The van der Waals surface area contributed by atoms with E-state index >= 15 is 0 Å². The number of aromatic nitrogens is 1. The second-order valence-electron chi connectivity index (χ2n) is 5.86. The van der Waals surface area contributed by atoms with Gasteiger partial charge in [0.15, 0.2) is 5.69 Å². The molecule has 0 saturated carbocycles. The molecule has 0 fully saturated rings. The highest BCUT2D eigenvalue weighted by atomic mass is 79.9. The van der Waals surface area contributed by atoms with Crippen molar-refractivity contribution in [3.63, 3.8) is 0 Å². The number of nitrogens with zero attached hydrogens (tertiary/aromatic N) is 2. The van der Waals surface area contributed by atoms with E-state index in [1.807, 2.05) is 0 Å². The number of allylic oxidation sites excluding steroid dienone is 3. The van der Waals surface area contributed by atoms with Gasteiger partial charge in [0.05, 0.1) is 6.54 Å². The molecule has 0 radical (unpaired) electrons. The van der Waals surface area contributed by atoms with Crippen LogP contribution >= 0.6 is 15.9 Å². The number of rotatable bonds is 8. The number of nitrogens with two attached hydrogens (primary N) is 1. The summed E-state index contributed by atoms with van der Waals surface area (Å²) in [6, 6.07) is 1.33. The fraction of sp³-hybridized carbons (Fsp3) is 0.353. The monoisotopic (exact) mass is 462 g/mol. The van der Waals surface area contributed by atoms with Crippen molar-refractivity contribution in [1.82, 2.24) is 10.3 Å². The topological polar surface area (TPSA) is 110 Å². The number of carbonyl (C=O) groups is 1. The minimum absolute atomic E-state index is 0.0300. The molecule has 1 aromatic rings. The van der Waals surface area contributed by atoms with Crippen LogP contribution in [0.25, 0.3) is 0 Å². The van der Waals surface area contributed by atoms with E-state index in [1.165, 1.54) is 24.4 Å². The molecule has 1 aliphatic carbocycles. The number of aliphatic imine (C=N–C) groups is 1. The Labute approximate surface area is 167 Å². The van der Waals surface area contributed by atoms with Crippen LogP contribution in [0.15, 0.2) is 45.4 Å². The lowest BCUT2D eigenvalue weighted by atomic mass is 9.97. The Kier molecular flexibility index (Phi) is 8.00. The number of aromatic hydroxyl groups is 1. The van der Waals surface area contributed by atoms with E-state index in [0.29, 0.717) is 10.2 Å². The van der Waals surface area contributed by atoms with E-state index in [-0.39, 0.29) is 36.9 Å². The van der Waals surface area contributed by atoms with Crippen molar-refractivity contribution in [2.75, 3.05) is 19.8 Å². The van der Waals surface area contributed by atoms with E-state index in [1.54, 1.807) is 0 Å². The number of hydrogen-bond donors (Lipinski definition) is 3. The number of pyridine rings is 1. The predicted molar refractivity (Wildman–Crippen MR) is 99.8 cm³/mol. The number of alkyl halides is 2. The minimum atomic E-state index is -2.61. The van der Waals surface area contributed by atoms with Crippen molar-refractivity contribution in [2.45, 2.75) is 12.8 Å². The van der Waals surface area contributed by atoms with Crippen LogP contribution in [0.1, 0.15) is 16.9 Å². The highest BCUT2D eigenvalue weighted by Gasteiger charge is 2.22. The molecule has 0 saturated heterocycles. The molecule has 1 aliphatic rings. The first-order chi connectivity index (χ1) is 13.3. The molecule has 11 heteroatoms. The maximum atomic E-state index is 14.0. The summed E-state index contributed by atoms with van der Waals surface area (Å²) < 4.78 is 43.2. The van der Waals surface area contributed by atoms with Gasteiger partial charge in [0.1, 0.15) is 30.6 Å².